The molecule has 0 bridgehead atoms. The number of likely N-dealkylation sites (tertiary alicyclic amines) is 1. The molecular formula is C11H20N2O. The summed E-state index contributed by atoms with van der Waals surface area (Å²) in [5.74, 6) is 1.01. The number of carbonyl (C=O) groups excluding carboxylic acids is 1. The first-order chi connectivity index (χ1) is 6.83. The Balaban J connectivity index is 2.00. The molecule has 2 N–H and O–H groups in total. The number of hydrogen-bond donors (Lipinski definition) is 1. The van der Waals surface area contributed by atoms with Crippen molar-refractivity contribution in [1.29, 1.82) is 0 Å². The zero-order valence-electron chi connectivity index (χ0n) is 8.74. The molecule has 0 aromatic carbocycles. The van der Waals surface area contributed by atoms with E-state index in [2.05, 4.69) is 0 Å². The van der Waals surface area contributed by atoms with E-state index >= 15 is 0 Å². The lowest BCUT2D eigenvalue weighted by atomic mass is 9.97. The first-order valence-corrected chi connectivity index (χ1v) is 5.82. The summed E-state index contributed by atoms with van der Waals surface area (Å²) in [6.45, 7) is 1.59. The molecule has 1 aliphatic carbocycles. The van der Waals surface area contributed by atoms with Crippen molar-refractivity contribution < 1.29 is 4.79 Å². The average molecular weight is 196 g/mol. The third-order valence-electron chi connectivity index (χ3n) is 3.70. The van der Waals surface area contributed by atoms with Crippen molar-refractivity contribution in [1.82, 2.24) is 4.90 Å². The van der Waals surface area contributed by atoms with Gasteiger partial charge in [0, 0.05) is 25.6 Å². The summed E-state index contributed by atoms with van der Waals surface area (Å²) in [4.78, 5) is 13.6. The van der Waals surface area contributed by atoms with Gasteiger partial charge in [0.2, 0.25) is 5.91 Å². The second-order valence-electron chi connectivity index (χ2n) is 4.54. The number of rotatable bonds is 3. The third kappa shape index (κ3) is 1.78. The monoisotopic (exact) mass is 196 g/mol. The van der Waals surface area contributed by atoms with Gasteiger partial charge < -0.3 is 10.6 Å². The molecule has 3 nitrogen and oxygen atoms in total. The Morgan fingerprint density at radius 2 is 2.07 bits per heavy atom. The minimum atomic E-state index is 0.326. The van der Waals surface area contributed by atoms with Crippen molar-refractivity contribution in [3.63, 3.8) is 0 Å². The minimum Gasteiger partial charge on any atom is -0.338 e. The van der Waals surface area contributed by atoms with E-state index in [1.54, 1.807) is 0 Å². The molecule has 0 aromatic rings. The fourth-order valence-corrected chi connectivity index (χ4v) is 2.94. The summed E-state index contributed by atoms with van der Waals surface area (Å²) in [5, 5.41) is 0. The second kappa shape index (κ2) is 4.30. The highest BCUT2D eigenvalue weighted by Crippen LogP contribution is 2.31. The molecule has 0 aromatic heterocycles. The zero-order chi connectivity index (χ0) is 9.97. The molecule has 2 rings (SSSR count). The maximum absolute atomic E-state index is 11.6. The normalized spacial score (nSPS) is 26.1. The van der Waals surface area contributed by atoms with Gasteiger partial charge in [0.1, 0.15) is 0 Å². The lowest BCUT2D eigenvalue weighted by Gasteiger charge is -2.31. The highest BCUT2D eigenvalue weighted by atomic mass is 16.2. The van der Waals surface area contributed by atoms with Crippen LogP contribution in [-0.2, 0) is 4.79 Å². The Kier molecular flexibility index (Phi) is 3.06. The van der Waals surface area contributed by atoms with Gasteiger partial charge in [0.25, 0.3) is 0 Å². The Labute approximate surface area is 85.6 Å². The summed E-state index contributed by atoms with van der Waals surface area (Å²) in [5.41, 5.74) is 5.80. The molecule has 0 spiro atoms. The molecule has 0 radical (unpaired) electrons. The fourth-order valence-electron chi connectivity index (χ4n) is 2.94. The SMILES string of the molecule is NCC(C1CCCC1)N1CCCC1=O. The van der Waals surface area contributed by atoms with Crippen LogP contribution in [0.2, 0.25) is 0 Å². The molecule has 1 aliphatic heterocycles. The van der Waals surface area contributed by atoms with Crippen LogP contribution in [0.1, 0.15) is 38.5 Å². The molecule has 1 saturated heterocycles. The smallest absolute Gasteiger partial charge is 0.222 e. The van der Waals surface area contributed by atoms with Crippen LogP contribution >= 0.6 is 0 Å². The molecule has 1 amide bonds. The van der Waals surface area contributed by atoms with E-state index in [1.807, 2.05) is 4.90 Å². The van der Waals surface area contributed by atoms with Gasteiger partial charge in [-0.05, 0) is 25.2 Å². The van der Waals surface area contributed by atoms with Gasteiger partial charge in [-0.2, -0.15) is 0 Å². The summed E-state index contributed by atoms with van der Waals surface area (Å²) < 4.78 is 0. The van der Waals surface area contributed by atoms with Gasteiger partial charge in [-0.25, -0.2) is 0 Å². The topological polar surface area (TPSA) is 46.3 Å². The van der Waals surface area contributed by atoms with Gasteiger partial charge in [0.15, 0.2) is 0 Å². The van der Waals surface area contributed by atoms with Gasteiger partial charge in [-0.1, -0.05) is 12.8 Å². The first-order valence-electron chi connectivity index (χ1n) is 5.82. The first kappa shape index (κ1) is 9.97. The van der Waals surface area contributed by atoms with Crippen molar-refractivity contribution in [2.45, 2.75) is 44.6 Å². The maximum Gasteiger partial charge on any atom is 0.222 e. The van der Waals surface area contributed by atoms with E-state index in [1.165, 1.54) is 25.7 Å². The predicted octanol–water partition coefficient (Wildman–Crippen LogP) is 1.13. The van der Waals surface area contributed by atoms with E-state index in [-0.39, 0.29) is 0 Å². The summed E-state index contributed by atoms with van der Waals surface area (Å²) >= 11 is 0. The molecule has 3 heteroatoms. The average Bonchev–Trinajstić information content (AvgIpc) is 2.80. The Morgan fingerprint density at radius 1 is 1.36 bits per heavy atom. The lowest BCUT2D eigenvalue weighted by Crippen LogP contribution is -2.45. The van der Waals surface area contributed by atoms with Gasteiger partial charge in [-0.15, -0.1) is 0 Å². The van der Waals surface area contributed by atoms with Crippen LogP contribution in [0.25, 0.3) is 0 Å². The standard InChI is InChI=1S/C11H20N2O/c12-8-10(9-4-1-2-5-9)13-7-3-6-11(13)14/h9-10H,1-8,12H2. The third-order valence-corrected chi connectivity index (χ3v) is 3.70. The van der Waals surface area contributed by atoms with E-state index in [0.717, 1.165) is 19.4 Å². The number of hydrogen-bond acceptors (Lipinski definition) is 2. The number of amides is 1. The number of nitrogens with zero attached hydrogens (tertiary/aromatic N) is 1. The number of nitrogens with two attached hydrogens (primary N) is 1. The van der Waals surface area contributed by atoms with E-state index in [9.17, 15) is 4.79 Å². The van der Waals surface area contributed by atoms with Gasteiger partial charge in [0.05, 0.1) is 0 Å². The number of carbonyl (C=O) groups is 1. The molecule has 2 aliphatic rings. The summed E-state index contributed by atoms with van der Waals surface area (Å²) in [6, 6.07) is 0.340. The highest BCUT2D eigenvalue weighted by molar-refractivity contribution is 5.78. The molecule has 1 heterocycles. The highest BCUT2D eigenvalue weighted by Gasteiger charge is 2.33. The lowest BCUT2D eigenvalue weighted by molar-refractivity contribution is -0.130. The summed E-state index contributed by atoms with van der Waals surface area (Å²) in [6.07, 6.45) is 6.95. The molecule has 80 valence electrons. The van der Waals surface area contributed by atoms with Crippen molar-refractivity contribution >= 4 is 5.91 Å². The minimum absolute atomic E-state index is 0.326. The zero-order valence-corrected chi connectivity index (χ0v) is 8.74. The second-order valence-corrected chi connectivity index (χ2v) is 4.54. The molecule has 1 saturated carbocycles. The van der Waals surface area contributed by atoms with E-state index in [0.29, 0.717) is 24.4 Å². The Bertz CT molecular complexity index is 211. The van der Waals surface area contributed by atoms with Crippen LogP contribution in [0.5, 0.6) is 0 Å². The Morgan fingerprint density at radius 3 is 2.57 bits per heavy atom. The Hall–Kier alpha value is -0.570. The van der Waals surface area contributed by atoms with Crippen LogP contribution in [-0.4, -0.2) is 29.9 Å². The summed E-state index contributed by atoms with van der Waals surface area (Å²) in [7, 11) is 0. The van der Waals surface area contributed by atoms with Crippen LogP contribution in [0.4, 0.5) is 0 Å². The van der Waals surface area contributed by atoms with Crippen molar-refractivity contribution in [2.24, 2.45) is 11.7 Å². The van der Waals surface area contributed by atoms with Crippen molar-refractivity contribution in [2.75, 3.05) is 13.1 Å². The molecular weight excluding hydrogens is 176 g/mol. The van der Waals surface area contributed by atoms with Crippen molar-refractivity contribution in [3.05, 3.63) is 0 Å². The predicted molar refractivity (Wildman–Crippen MR) is 55.7 cm³/mol. The maximum atomic E-state index is 11.6. The van der Waals surface area contributed by atoms with Crippen molar-refractivity contribution in [3.8, 4) is 0 Å². The van der Waals surface area contributed by atoms with Crippen LogP contribution in [0.15, 0.2) is 0 Å². The van der Waals surface area contributed by atoms with Gasteiger partial charge in [-0.3, -0.25) is 4.79 Å². The van der Waals surface area contributed by atoms with Crippen LogP contribution < -0.4 is 5.73 Å². The molecule has 1 unspecified atom stereocenters. The molecule has 14 heavy (non-hydrogen) atoms. The largest absolute Gasteiger partial charge is 0.338 e. The molecule has 2 fully saturated rings. The van der Waals surface area contributed by atoms with E-state index in [4.69, 9.17) is 5.73 Å². The molecule has 1 atom stereocenters. The van der Waals surface area contributed by atoms with Gasteiger partial charge >= 0.3 is 0 Å². The fraction of sp³-hybridized carbons (Fsp3) is 0.909. The van der Waals surface area contributed by atoms with Crippen LogP contribution in [0.3, 0.4) is 0 Å². The van der Waals surface area contributed by atoms with E-state index < -0.39 is 0 Å². The quantitative estimate of drug-likeness (QED) is 0.735. The van der Waals surface area contributed by atoms with Crippen LogP contribution in [0, 0.1) is 5.92 Å².